The summed E-state index contributed by atoms with van der Waals surface area (Å²) in [5.41, 5.74) is 3.60. The van der Waals surface area contributed by atoms with E-state index in [0.29, 0.717) is 6.61 Å². The Balaban J connectivity index is 1.41. The molecule has 0 aliphatic carbocycles. The first kappa shape index (κ1) is 22.7. The monoisotopic (exact) mass is 417 g/mol. The highest BCUT2D eigenvalue weighted by Gasteiger charge is 2.04. The summed E-state index contributed by atoms with van der Waals surface area (Å²) in [5.74, 6) is 1.85. The standard InChI is InChI=1S/C28H35NO2/c1-2-3-4-10-21-30-26-19-17-25(18-20-26)23-29-27-15-8-9-16-28(27)31-22-11-14-24-12-6-5-7-13-24/h5-9,12-13,15-20,29H,2-4,10-11,14,21-23H2,1H3. The average molecular weight is 418 g/mol. The molecule has 0 fully saturated rings. The minimum atomic E-state index is 0.706. The van der Waals surface area contributed by atoms with Gasteiger partial charge in [-0.05, 0) is 54.7 Å². The number of nitrogens with one attached hydrogen (secondary N) is 1. The van der Waals surface area contributed by atoms with Gasteiger partial charge in [0.15, 0.2) is 0 Å². The largest absolute Gasteiger partial charge is 0.494 e. The Morgan fingerprint density at radius 2 is 1.39 bits per heavy atom. The van der Waals surface area contributed by atoms with Gasteiger partial charge >= 0.3 is 0 Å². The van der Waals surface area contributed by atoms with Crippen molar-refractivity contribution in [1.29, 1.82) is 0 Å². The lowest BCUT2D eigenvalue weighted by molar-refractivity contribution is 0.305. The third-order valence-electron chi connectivity index (χ3n) is 5.27. The zero-order valence-electron chi connectivity index (χ0n) is 18.7. The summed E-state index contributed by atoms with van der Waals surface area (Å²) in [6.07, 6.45) is 6.93. The Bertz CT molecular complexity index is 862. The van der Waals surface area contributed by atoms with Crippen LogP contribution in [0.1, 0.15) is 50.2 Å². The molecular weight excluding hydrogens is 382 g/mol. The van der Waals surface area contributed by atoms with E-state index < -0.39 is 0 Å². The molecule has 0 saturated heterocycles. The van der Waals surface area contributed by atoms with Crippen LogP contribution in [-0.2, 0) is 13.0 Å². The molecule has 0 atom stereocenters. The third kappa shape index (κ3) is 8.37. The van der Waals surface area contributed by atoms with Gasteiger partial charge in [0.2, 0.25) is 0 Å². The predicted molar refractivity (Wildman–Crippen MR) is 130 cm³/mol. The second-order valence-corrected chi connectivity index (χ2v) is 7.84. The maximum Gasteiger partial charge on any atom is 0.142 e. The molecule has 3 aromatic rings. The summed E-state index contributed by atoms with van der Waals surface area (Å²) in [7, 11) is 0. The van der Waals surface area contributed by atoms with Crippen molar-refractivity contribution in [2.75, 3.05) is 18.5 Å². The van der Waals surface area contributed by atoms with Crippen LogP contribution in [0.15, 0.2) is 78.9 Å². The Hall–Kier alpha value is -2.94. The van der Waals surface area contributed by atoms with Crippen LogP contribution in [0.2, 0.25) is 0 Å². The fourth-order valence-electron chi connectivity index (χ4n) is 3.46. The van der Waals surface area contributed by atoms with Gasteiger partial charge in [-0.25, -0.2) is 0 Å². The second-order valence-electron chi connectivity index (χ2n) is 7.84. The van der Waals surface area contributed by atoms with E-state index in [2.05, 4.69) is 72.9 Å². The van der Waals surface area contributed by atoms with Gasteiger partial charge in [0.25, 0.3) is 0 Å². The van der Waals surface area contributed by atoms with Crippen molar-refractivity contribution < 1.29 is 9.47 Å². The first-order valence-electron chi connectivity index (χ1n) is 11.6. The molecule has 0 aliphatic heterocycles. The number of hydrogen-bond acceptors (Lipinski definition) is 3. The van der Waals surface area contributed by atoms with Crippen molar-refractivity contribution in [2.24, 2.45) is 0 Å². The van der Waals surface area contributed by atoms with Gasteiger partial charge in [0.1, 0.15) is 11.5 Å². The lowest BCUT2D eigenvalue weighted by Gasteiger charge is -2.14. The van der Waals surface area contributed by atoms with Crippen LogP contribution in [-0.4, -0.2) is 13.2 Å². The van der Waals surface area contributed by atoms with Crippen LogP contribution in [0.25, 0.3) is 0 Å². The number of benzene rings is 3. The van der Waals surface area contributed by atoms with E-state index in [0.717, 1.165) is 49.6 Å². The van der Waals surface area contributed by atoms with Crippen molar-refractivity contribution in [1.82, 2.24) is 0 Å². The summed E-state index contributed by atoms with van der Waals surface area (Å²) < 4.78 is 11.9. The molecule has 3 nitrogen and oxygen atoms in total. The van der Waals surface area contributed by atoms with E-state index in [4.69, 9.17) is 9.47 Å². The molecule has 0 saturated carbocycles. The summed E-state index contributed by atoms with van der Waals surface area (Å²) in [6.45, 7) is 4.48. The zero-order valence-corrected chi connectivity index (χ0v) is 18.7. The third-order valence-corrected chi connectivity index (χ3v) is 5.27. The molecule has 3 heteroatoms. The molecule has 0 bridgehead atoms. The van der Waals surface area contributed by atoms with E-state index >= 15 is 0 Å². The van der Waals surface area contributed by atoms with Crippen LogP contribution in [0.3, 0.4) is 0 Å². The zero-order chi connectivity index (χ0) is 21.6. The number of para-hydroxylation sites is 2. The van der Waals surface area contributed by atoms with E-state index in [9.17, 15) is 0 Å². The molecule has 0 unspecified atom stereocenters. The van der Waals surface area contributed by atoms with Crippen LogP contribution in [0.4, 0.5) is 5.69 Å². The van der Waals surface area contributed by atoms with E-state index in [-0.39, 0.29) is 0 Å². The van der Waals surface area contributed by atoms with Gasteiger partial charge in [0, 0.05) is 6.54 Å². The average Bonchev–Trinajstić information content (AvgIpc) is 2.82. The lowest BCUT2D eigenvalue weighted by Crippen LogP contribution is -2.05. The van der Waals surface area contributed by atoms with Crippen molar-refractivity contribution in [3.8, 4) is 11.5 Å². The molecule has 0 radical (unpaired) electrons. The van der Waals surface area contributed by atoms with Crippen LogP contribution in [0.5, 0.6) is 11.5 Å². The first-order valence-corrected chi connectivity index (χ1v) is 11.6. The number of hydrogen-bond donors (Lipinski definition) is 1. The Kier molecular flexibility index (Phi) is 9.81. The molecule has 0 aliphatic rings. The first-order chi connectivity index (χ1) is 15.3. The Labute approximate surface area is 187 Å². The van der Waals surface area contributed by atoms with Crippen LogP contribution < -0.4 is 14.8 Å². The second kappa shape index (κ2) is 13.4. The maximum atomic E-state index is 6.06. The number of rotatable bonds is 14. The molecule has 3 rings (SSSR count). The minimum Gasteiger partial charge on any atom is -0.494 e. The molecule has 1 N–H and O–H groups in total. The summed E-state index contributed by atoms with van der Waals surface area (Å²) in [5, 5.41) is 3.51. The summed E-state index contributed by atoms with van der Waals surface area (Å²) in [6, 6.07) is 27.1. The van der Waals surface area contributed by atoms with Crippen molar-refractivity contribution >= 4 is 5.69 Å². The molecule has 164 valence electrons. The van der Waals surface area contributed by atoms with Crippen LogP contribution in [0, 0.1) is 0 Å². The van der Waals surface area contributed by atoms with E-state index in [1.165, 1.54) is 30.4 Å². The Morgan fingerprint density at radius 1 is 0.645 bits per heavy atom. The molecule has 3 aromatic carbocycles. The van der Waals surface area contributed by atoms with E-state index in [1.807, 2.05) is 18.2 Å². The van der Waals surface area contributed by atoms with E-state index in [1.54, 1.807) is 0 Å². The molecule has 0 aromatic heterocycles. The van der Waals surface area contributed by atoms with Gasteiger partial charge in [0.05, 0.1) is 18.9 Å². The molecule has 0 amide bonds. The minimum absolute atomic E-state index is 0.706. The highest BCUT2D eigenvalue weighted by Crippen LogP contribution is 2.25. The smallest absolute Gasteiger partial charge is 0.142 e. The van der Waals surface area contributed by atoms with Crippen molar-refractivity contribution in [3.63, 3.8) is 0 Å². The van der Waals surface area contributed by atoms with Crippen LogP contribution >= 0.6 is 0 Å². The lowest BCUT2D eigenvalue weighted by atomic mass is 10.1. The maximum absolute atomic E-state index is 6.06. The van der Waals surface area contributed by atoms with Crippen molar-refractivity contribution in [2.45, 2.75) is 52.0 Å². The number of anilines is 1. The highest BCUT2D eigenvalue weighted by atomic mass is 16.5. The normalized spacial score (nSPS) is 10.6. The van der Waals surface area contributed by atoms with Gasteiger partial charge < -0.3 is 14.8 Å². The van der Waals surface area contributed by atoms with Gasteiger partial charge in [-0.3, -0.25) is 0 Å². The fraction of sp³-hybridized carbons (Fsp3) is 0.357. The molecule has 0 heterocycles. The van der Waals surface area contributed by atoms with Gasteiger partial charge in [-0.1, -0.05) is 80.8 Å². The highest BCUT2D eigenvalue weighted by molar-refractivity contribution is 5.56. The number of ether oxygens (including phenoxy) is 2. The fourth-order valence-corrected chi connectivity index (χ4v) is 3.46. The quantitative estimate of drug-likeness (QED) is 0.280. The van der Waals surface area contributed by atoms with Gasteiger partial charge in [-0.2, -0.15) is 0 Å². The summed E-state index contributed by atoms with van der Waals surface area (Å²) in [4.78, 5) is 0. The molecule has 0 spiro atoms. The number of unbranched alkanes of at least 4 members (excludes halogenated alkanes) is 3. The van der Waals surface area contributed by atoms with Gasteiger partial charge in [-0.15, -0.1) is 0 Å². The summed E-state index contributed by atoms with van der Waals surface area (Å²) >= 11 is 0. The molecular formula is C28H35NO2. The molecule has 31 heavy (non-hydrogen) atoms. The SMILES string of the molecule is CCCCCCOc1ccc(CNc2ccccc2OCCCc2ccccc2)cc1. The predicted octanol–water partition coefficient (Wildman–Crippen LogP) is 7.27. The Morgan fingerprint density at radius 3 is 2.19 bits per heavy atom. The van der Waals surface area contributed by atoms with Crippen molar-refractivity contribution in [3.05, 3.63) is 90.0 Å². The number of aryl methyl sites for hydroxylation is 1. The topological polar surface area (TPSA) is 30.5 Å².